The van der Waals surface area contributed by atoms with E-state index in [4.69, 9.17) is 10.2 Å². The highest BCUT2D eigenvalue weighted by atomic mass is 79.9. The molecule has 2 aromatic rings. The molecule has 0 fully saturated rings. The van der Waals surface area contributed by atoms with Crippen molar-refractivity contribution in [3.05, 3.63) is 46.8 Å². The summed E-state index contributed by atoms with van der Waals surface area (Å²) in [4.78, 5) is 0. The molecule has 0 amide bonds. The Labute approximate surface area is 115 Å². The van der Waals surface area contributed by atoms with Crippen LogP contribution in [0.5, 0.6) is 0 Å². The molecule has 0 aliphatic heterocycles. The topological polar surface area (TPSA) is 51.2 Å². The summed E-state index contributed by atoms with van der Waals surface area (Å²) in [5, 5.41) is 3.41. The van der Waals surface area contributed by atoms with Crippen molar-refractivity contribution >= 4 is 27.3 Å². The van der Waals surface area contributed by atoms with Gasteiger partial charge in [0.2, 0.25) is 0 Å². The molecule has 3 nitrogen and oxygen atoms in total. The van der Waals surface area contributed by atoms with Crippen LogP contribution in [-0.4, -0.2) is 6.04 Å². The van der Waals surface area contributed by atoms with E-state index < -0.39 is 0 Å². The fourth-order valence-electron chi connectivity index (χ4n) is 1.82. The molecule has 1 atom stereocenters. The summed E-state index contributed by atoms with van der Waals surface area (Å²) >= 11 is 3.40. The first-order chi connectivity index (χ1) is 8.65. The van der Waals surface area contributed by atoms with Crippen LogP contribution in [0, 0.1) is 0 Å². The second-order valence-corrected chi connectivity index (χ2v) is 5.31. The molecular weight excluding hydrogens is 292 g/mol. The summed E-state index contributed by atoms with van der Waals surface area (Å²) in [5.74, 6) is 1.02. The van der Waals surface area contributed by atoms with Gasteiger partial charge in [0.25, 0.3) is 0 Å². The number of hydrogen-bond donors (Lipinski definition) is 2. The quantitative estimate of drug-likeness (QED) is 0.819. The van der Waals surface area contributed by atoms with E-state index in [2.05, 4.69) is 28.2 Å². The van der Waals surface area contributed by atoms with Crippen molar-refractivity contribution in [2.45, 2.75) is 25.8 Å². The number of nitrogens with one attached hydrogen (secondary N) is 1. The van der Waals surface area contributed by atoms with Crippen LogP contribution in [-0.2, 0) is 6.42 Å². The molecule has 0 saturated heterocycles. The molecule has 1 aromatic carbocycles. The molecule has 2 rings (SSSR count). The van der Waals surface area contributed by atoms with Crippen molar-refractivity contribution in [3.8, 4) is 0 Å². The molecule has 3 N–H and O–H groups in total. The largest absolute Gasteiger partial charge is 0.469 e. The number of anilines is 2. The smallest absolute Gasteiger partial charge is 0.103 e. The molecule has 0 bridgehead atoms. The summed E-state index contributed by atoms with van der Waals surface area (Å²) < 4.78 is 6.31. The van der Waals surface area contributed by atoms with Crippen molar-refractivity contribution in [3.63, 3.8) is 0 Å². The molecule has 0 aliphatic carbocycles. The van der Waals surface area contributed by atoms with Crippen molar-refractivity contribution < 1.29 is 4.42 Å². The monoisotopic (exact) mass is 308 g/mol. The lowest BCUT2D eigenvalue weighted by molar-refractivity contribution is 0.495. The van der Waals surface area contributed by atoms with Gasteiger partial charge in [0.1, 0.15) is 5.76 Å². The van der Waals surface area contributed by atoms with Crippen LogP contribution < -0.4 is 11.1 Å². The Morgan fingerprint density at radius 2 is 2.22 bits per heavy atom. The predicted molar refractivity (Wildman–Crippen MR) is 78.7 cm³/mol. The first-order valence-electron chi connectivity index (χ1n) is 5.99. The van der Waals surface area contributed by atoms with Crippen LogP contribution in [0.2, 0.25) is 0 Å². The average molecular weight is 309 g/mol. The lowest BCUT2D eigenvalue weighted by Gasteiger charge is -2.16. The van der Waals surface area contributed by atoms with Crippen LogP contribution in [0.3, 0.4) is 0 Å². The fourth-order valence-corrected chi connectivity index (χ4v) is 2.20. The summed E-state index contributed by atoms with van der Waals surface area (Å²) in [7, 11) is 0. The van der Waals surface area contributed by atoms with E-state index in [9.17, 15) is 0 Å². The van der Waals surface area contributed by atoms with Crippen molar-refractivity contribution in [2.75, 3.05) is 11.1 Å². The van der Waals surface area contributed by atoms with Crippen LogP contribution in [0.1, 0.15) is 19.1 Å². The number of hydrogen-bond acceptors (Lipinski definition) is 3. The first kappa shape index (κ1) is 13.0. The minimum Gasteiger partial charge on any atom is -0.469 e. The van der Waals surface area contributed by atoms with Gasteiger partial charge in [-0.25, -0.2) is 0 Å². The molecule has 1 unspecified atom stereocenters. The van der Waals surface area contributed by atoms with Crippen molar-refractivity contribution in [1.29, 1.82) is 0 Å². The molecule has 4 heteroatoms. The maximum atomic E-state index is 5.95. The molecule has 0 radical (unpaired) electrons. The number of nitrogens with two attached hydrogens (primary N) is 1. The summed E-state index contributed by atoms with van der Waals surface area (Å²) in [6.07, 6.45) is 3.64. The third-order valence-corrected chi connectivity index (χ3v) is 3.31. The predicted octanol–water partition coefficient (Wildman–Crippen LogP) is 4.06. The van der Waals surface area contributed by atoms with E-state index in [0.717, 1.165) is 34.4 Å². The molecule has 1 heterocycles. The van der Waals surface area contributed by atoms with Gasteiger partial charge in [-0.2, -0.15) is 0 Å². The number of benzene rings is 1. The van der Waals surface area contributed by atoms with Crippen LogP contribution in [0.25, 0.3) is 0 Å². The Balaban J connectivity index is 1.88. The Bertz CT molecular complexity index is 497. The number of furan rings is 1. The fraction of sp³-hybridized carbons (Fsp3) is 0.286. The van der Waals surface area contributed by atoms with E-state index in [0.29, 0.717) is 6.04 Å². The normalized spacial score (nSPS) is 12.3. The highest BCUT2D eigenvalue weighted by Crippen LogP contribution is 2.24. The molecule has 0 aliphatic rings. The average Bonchev–Trinajstić information content (AvgIpc) is 2.83. The summed E-state index contributed by atoms with van der Waals surface area (Å²) in [6, 6.07) is 10.1. The SMILES string of the molecule is CC(CCc1ccco1)Nc1ccc(Br)cc1N. The van der Waals surface area contributed by atoms with E-state index in [1.807, 2.05) is 30.3 Å². The highest BCUT2D eigenvalue weighted by Gasteiger charge is 2.06. The number of aryl methyl sites for hydroxylation is 1. The van der Waals surface area contributed by atoms with Gasteiger partial charge in [0.05, 0.1) is 17.6 Å². The number of rotatable bonds is 5. The second-order valence-electron chi connectivity index (χ2n) is 4.39. The molecule has 18 heavy (non-hydrogen) atoms. The van der Waals surface area contributed by atoms with Gasteiger partial charge in [0, 0.05) is 16.9 Å². The Morgan fingerprint density at radius 3 is 2.89 bits per heavy atom. The zero-order valence-corrected chi connectivity index (χ0v) is 11.9. The molecule has 1 aromatic heterocycles. The highest BCUT2D eigenvalue weighted by molar-refractivity contribution is 9.10. The van der Waals surface area contributed by atoms with Crippen molar-refractivity contribution in [1.82, 2.24) is 0 Å². The summed E-state index contributed by atoms with van der Waals surface area (Å²) in [6.45, 7) is 2.14. The standard InChI is InChI=1S/C14H17BrN2O/c1-10(4-6-12-3-2-8-18-12)17-14-7-5-11(15)9-13(14)16/h2-3,5,7-10,17H,4,6,16H2,1H3. The number of nitrogen functional groups attached to an aromatic ring is 1. The molecule has 0 spiro atoms. The molecule has 96 valence electrons. The van der Waals surface area contributed by atoms with E-state index in [-0.39, 0.29) is 0 Å². The Morgan fingerprint density at radius 1 is 1.39 bits per heavy atom. The van der Waals surface area contributed by atoms with Crippen molar-refractivity contribution in [2.24, 2.45) is 0 Å². The lowest BCUT2D eigenvalue weighted by atomic mass is 10.1. The van der Waals surface area contributed by atoms with Crippen LogP contribution in [0.15, 0.2) is 45.5 Å². The van der Waals surface area contributed by atoms with Gasteiger partial charge >= 0.3 is 0 Å². The van der Waals surface area contributed by atoms with Gasteiger partial charge in [-0.3, -0.25) is 0 Å². The molecule has 0 saturated carbocycles. The lowest BCUT2D eigenvalue weighted by Crippen LogP contribution is -2.16. The Hall–Kier alpha value is -1.42. The first-order valence-corrected chi connectivity index (χ1v) is 6.78. The third kappa shape index (κ3) is 3.53. The number of halogens is 1. The van der Waals surface area contributed by atoms with E-state index in [1.54, 1.807) is 6.26 Å². The maximum Gasteiger partial charge on any atom is 0.103 e. The van der Waals surface area contributed by atoms with Crippen LogP contribution >= 0.6 is 15.9 Å². The summed E-state index contributed by atoms with van der Waals surface area (Å²) in [5.41, 5.74) is 7.68. The van der Waals surface area contributed by atoms with Crippen LogP contribution in [0.4, 0.5) is 11.4 Å². The minimum atomic E-state index is 0.346. The van der Waals surface area contributed by atoms with E-state index in [1.165, 1.54) is 0 Å². The molecular formula is C14H17BrN2O. The minimum absolute atomic E-state index is 0.346. The third-order valence-electron chi connectivity index (χ3n) is 2.82. The van der Waals surface area contributed by atoms with Gasteiger partial charge in [-0.05, 0) is 43.7 Å². The van der Waals surface area contributed by atoms with E-state index >= 15 is 0 Å². The maximum absolute atomic E-state index is 5.95. The zero-order valence-electron chi connectivity index (χ0n) is 10.3. The van der Waals surface area contributed by atoms with Gasteiger partial charge in [-0.15, -0.1) is 0 Å². The van der Waals surface area contributed by atoms with Gasteiger partial charge in [0.15, 0.2) is 0 Å². The van der Waals surface area contributed by atoms with Gasteiger partial charge < -0.3 is 15.5 Å². The van der Waals surface area contributed by atoms with Gasteiger partial charge in [-0.1, -0.05) is 15.9 Å². The Kier molecular flexibility index (Phi) is 4.31. The zero-order chi connectivity index (χ0) is 13.0. The second kappa shape index (κ2) is 5.96.